The summed E-state index contributed by atoms with van der Waals surface area (Å²) in [5.41, 5.74) is 7.63. The van der Waals surface area contributed by atoms with E-state index in [1.165, 1.54) is 19.2 Å². The van der Waals surface area contributed by atoms with Gasteiger partial charge in [-0.05, 0) is 48.4 Å². The van der Waals surface area contributed by atoms with Crippen molar-refractivity contribution in [3.63, 3.8) is 0 Å². The molecule has 2 aromatic carbocycles. The number of ether oxygens (including phenoxy) is 1. The number of methoxy groups -OCH3 is 1. The Balaban J connectivity index is 2.54. The zero-order chi connectivity index (χ0) is 13.8. The quantitative estimate of drug-likeness (QED) is 0.919. The topological polar surface area (TPSA) is 35.2 Å². The molecule has 0 aliphatic rings. The van der Waals surface area contributed by atoms with Gasteiger partial charge in [0.15, 0.2) is 0 Å². The molecule has 19 heavy (non-hydrogen) atoms. The fraction of sp³-hybridized carbons (Fsp3) is 0.200. The Labute approximate surface area is 110 Å². The molecule has 0 spiro atoms. The number of halogens is 2. The highest BCUT2D eigenvalue weighted by Crippen LogP contribution is 2.32. The highest BCUT2D eigenvalue weighted by molar-refractivity contribution is 5.71. The maximum atomic E-state index is 13.3. The molecular formula is C15H15F2NO. The van der Waals surface area contributed by atoms with Crippen LogP contribution in [0.15, 0.2) is 36.4 Å². The van der Waals surface area contributed by atoms with Crippen LogP contribution in [0.5, 0.6) is 5.75 Å². The van der Waals surface area contributed by atoms with Gasteiger partial charge in [0, 0.05) is 11.6 Å². The van der Waals surface area contributed by atoms with Gasteiger partial charge in [-0.1, -0.05) is 6.07 Å². The molecule has 2 aromatic rings. The molecular weight excluding hydrogens is 248 g/mol. The minimum Gasteiger partial charge on any atom is -0.496 e. The largest absolute Gasteiger partial charge is 0.496 e. The number of benzene rings is 2. The Bertz CT molecular complexity index is 564. The average molecular weight is 263 g/mol. The lowest BCUT2D eigenvalue weighted by molar-refractivity contribution is 0.416. The first-order valence-corrected chi connectivity index (χ1v) is 5.97. The van der Waals surface area contributed by atoms with Gasteiger partial charge in [-0.15, -0.1) is 0 Å². The summed E-state index contributed by atoms with van der Waals surface area (Å²) in [5, 5.41) is 0. The van der Waals surface area contributed by atoms with Crippen LogP contribution in [0.3, 0.4) is 0 Å². The van der Waals surface area contributed by atoms with E-state index in [1.54, 1.807) is 6.07 Å². The lowest BCUT2D eigenvalue weighted by atomic mass is 10.0. The molecule has 0 saturated heterocycles. The molecule has 0 radical (unpaired) electrons. The number of rotatable bonds is 4. The normalized spacial score (nSPS) is 10.5. The summed E-state index contributed by atoms with van der Waals surface area (Å²) in [5.74, 6) is -0.645. The van der Waals surface area contributed by atoms with Crippen LogP contribution in [0.1, 0.15) is 5.56 Å². The second-order valence-electron chi connectivity index (χ2n) is 4.23. The third-order valence-corrected chi connectivity index (χ3v) is 2.87. The molecule has 0 saturated carbocycles. The maximum absolute atomic E-state index is 13.3. The molecule has 0 amide bonds. The molecule has 0 atom stereocenters. The highest BCUT2D eigenvalue weighted by Gasteiger charge is 2.09. The standard InChI is InChI=1S/C15H15F2NO/c1-19-15-3-2-10(4-5-18)6-14(15)11-7-12(16)9-13(17)8-11/h2-3,6-9H,4-5,18H2,1H3. The van der Waals surface area contributed by atoms with Crippen molar-refractivity contribution < 1.29 is 13.5 Å². The second kappa shape index (κ2) is 5.80. The number of nitrogens with two attached hydrogens (primary N) is 1. The average Bonchev–Trinajstić information content (AvgIpc) is 2.38. The monoisotopic (exact) mass is 263 g/mol. The van der Waals surface area contributed by atoms with Gasteiger partial charge in [-0.2, -0.15) is 0 Å². The van der Waals surface area contributed by atoms with Gasteiger partial charge in [0.2, 0.25) is 0 Å². The lowest BCUT2D eigenvalue weighted by Crippen LogP contribution is -2.03. The smallest absolute Gasteiger partial charge is 0.126 e. The number of hydrogen-bond donors (Lipinski definition) is 1. The summed E-state index contributed by atoms with van der Waals surface area (Å²) in [4.78, 5) is 0. The van der Waals surface area contributed by atoms with Crippen LogP contribution >= 0.6 is 0 Å². The molecule has 0 aliphatic carbocycles. The Morgan fingerprint density at radius 2 is 1.74 bits per heavy atom. The van der Waals surface area contributed by atoms with Gasteiger partial charge in [-0.25, -0.2) is 8.78 Å². The molecule has 0 aliphatic heterocycles. The molecule has 2 nitrogen and oxygen atoms in total. The first kappa shape index (κ1) is 13.5. The van der Waals surface area contributed by atoms with Gasteiger partial charge < -0.3 is 10.5 Å². The van der Waals surface area contributed by atoms with Crippen molar-refractivity contribution in [2.24, 2.45) is 5.73 Å². The Morgan fingerprint density at radius 3 is 2.32 bits per heavy atom. The molecule has 4 heteroatoms. The van der Waals surface area contributed by atoms with Gasteiger partial charge in [0.1, 0.15) is 17.4 Å². The second-order valence-corrected chi connectivity index (χ2v) is 4.23. The molecule has 0 fully saturated rings. The van der Waals surface area contributed by atoms with Crippen LogP contribution in [0.4, 0.5) is 8.78 Å². The Hall–Kier alpha value is -1.94. The highest BCUT2D eigenvalue weighted by atomic mass is 19.1. The fourth-order valence-corrected chi connectivity index (χ4v) is 2.01. The fourth-order valence-electron chi connectivity index (χ4n) is 2.01. The summed E-state index contributed by atoms with van der Waals surface area (Å²) >= 11 is 0. The first-order valence-electron chi connectivity index (χ1n) is 5.97. The molecule has 2 N–H and O–H groups in total. The zero-order valence-corrected chi connectivity index (χ0v) is 10.6. The molecule has 0 unspecified atom stereocenters. The van der Waals surface area contributed by atoms with Crippen molar-refractivity contribution in [1.82, 2.24) is 0 Å². The molecule has 0 heterocycles. The van der Waals surface area contributed by atoms with E-state index in [1.807, 2.05) is 12.1 Å². The first-order chi connectivity index (χ1) is 9.13. The third kappa shape index (κ3) is 3.09. The third-order valence-electron chi connectivity index (χ3n) is 2.87. The Kier molecular flexibility index (Phi) is 4.12. The van der Waals surface area contributed by atoms with E-state index < -0.39 is 11.6 Å². The predicted octanol–water partition coefficient (Wildman–Crippen LogP) is 3.14. The van der Waals surface area contributed by atoms with Crippen molar-refractivity contribution in [1.29, 1.82) is 0 Å². The van der Waals surface area contributed by atoms with E-state index in [9.17, 15) is 8.78 Å². The Morgan fingerprint density at radius 1 is 1.05 bits per heavy atom. The summed E-state index contributed by atoms with van der Waals surface area (Å²) in [6.07, 6.45) is 0.703. The van der Waals surface area contributed by atoms with Crippen LogP contribution in [0.25, 0.3) is 11.1 Å². The van der Waals surface area contributed by atoms with Crippen LogP contribution in [0.2, 0.25) is 0 Å². The van der Waals surface area contributed by atoms with E-state index in [0.29, 0.717) is 29.8 Å². The van der Waals surface area contributed by atoms with Crippen LogP contribution in [-0.2, 0) is 6.42 Å². The van der Waals surface area contributed by atoms with E-state index in [2.05, 4.69) is 0 Å². The summed E-state index contributed by atoms with van der Waals surface area (Å²) in [6.45, 7) is 0.517. The van der Waals surface area contributed by atoms with Gasteiger partial charge in [-0.3, -0.25) is 0 Å². The minimum atomic E-state index is -0.610. The van der Waals surface area contributed by atoms with E-state index in [0.717, 1.165) is 11.6 Å². The van der Waals surface area contributed by atoms with E-state index in [-0.39, 0.29) is 0 Å². The van der Waals surface area contributed by atoms with Crippen LogP contribution < -0.4 is 10.5 Å². The molecule has 100 valence electrons. The number of hydrogen-bond acceptors (Lipinski definition) is 2. The zero-order valence-electron chi connectivity index (χ0n) is 10.6. The summed E-state index contributed by atoms with van der Waals surface area (Å²) in [6, 6.07) is 8.94. The molecule has 0 bridgehead atoms. The minimum absolute atomic E-state index is 0.452. The maximum Gasteiger partial charge on any atom is 0.126 e. The van der Waals surface area contributed by atoms with Crippen LogP contribution in [0, 0.1) is 11.6 Å². The van der Waals surface area contributed by atoms with Gasteiger partial charge in [0.25, 0.3) is 0 Å². The molecule has 2 rings (SSSR count). The van der Waals surface area contributed by atoms with Gasteiger partial charge in [0.05, 0.1) is 7.11 Å². The van der Waals surface area contributed by atoms with Crippen molar-refractivity contribution >= 4 is 0 Å². The van der Waals surface area contributed by atoms with E-state index in [4.69, 9.17) is 10.5 Å². The summed E-state index contributed by atoms with van der Waals surface area (Å²) < 4.78 is 31.8. The van der Waals surface area contributed by atoms with Crippen molar-refractivity contribution in [2.45, 2.75) is 6.42 Å². The van der Waals surface area contributed by atoms with E-state index >= 15 is 0 Å². The van der Waals surface area contributed by atoms with Crippen molar-refractivity contribution in [2.75, 3.05) is 13.7 Å². The van der Waals surface area contributed by atoms with Gasteiger partial charge >= 0.3 is 0 Å². The van der Waals surface area contributed by atoms with Crippen molar-refractivity contribution in [3.05, 3.63) is 53.6 Å². The lowest BCUT2D eigenvalue weighted by Gasteiger charge is -2.11. The van der Waals surface area contributed by atoms with Crippen molar-refractivity contribution in [3.8, 4) is 16.9 Å². The SMILES string of the molecule is COc1ccc(CCN)cc1-c1cc(F)cc(F)c1. The van der Waals surface area contributed by atoms with Crippen LogP contribution in [-0.4, -0.2) is 13.7 Å². The molecule has 0 aromatic heterocycles. The predicted molar refractivity (Wildman–Crippen MR) is 71.1 cm³/mol. The summed E-state index contributed by atoms with van der Waals surface area (Å²) in [7, 11) is 1.52.